The first-order valence-electron chi connectivity index (χ1n) is 8.66. The van der Waals surface area contributed by atoms with Crippen LogP contribution in [0.2, 0.25) is 0 Å². The lowest BCUT2D eigenvalue weighted by Crippen LogP contribution is -2.02. The van der Waals surface area contributed by atoms with E-state index in [0.29, 0.717) is 10.7 Å². The average Bonchev–Trinajstić information content (AvgIpc) is 3.13. The predicted molar refractivity (Wildman–Crippen MR) is 114 cm³/mol. The number of rotatable bonds is 4. The van der Waals surface area contributed by atoms with E-state index < -0.39 is 0 Å². The molecule has 0 saturated carbocycles. The van der Waals surface area contributed by atoms with Gasteiger partial charge in [-0.15, -0.1) is 10.2 Å². The van der Waals surface area contributed by atoms with Gasteiger partial charge in [0.2, 0.25) is 11.0 Å². The highest BCUT2D eigenvalue weighted by Gasteiger charge is 2.10. The first-order chi connectivity index (χ1) is 13.7. The Morgan fingerprint density at radius 3 is 2.54 bits per heavy atom. The van der Waals surface area contributed by atoms with Crippen LogP contribution in [0.25, 0.3) is 10.2 Å². The van der Waals surface area contributed by atoms with E-state index in [-0.39, 0.29) is 11.6 Å². The number of aromatic hydroxyl groups is 1. The van der Waals surface area contributed by atoms with E-state index in [1.807, 2.05) is 61.5 Å². The SMILES string of the molecule is Cc1ccccc1N/N=C(/N=Nc1nc2ccccc2s1)c1ccccc1O. The highest BCUT2D eigenvalue weighted by Crippen LogP contribution is 2.28. The molecule has 0 unspecified atom stereocenters. The Morgan fingerprint density at radius 1 is 0.964 bits per heavy atom. The lowest BCUT2D eigenvalue weighted by Gasteiger charge is -2.06. The largest absolute Gasteiger partial charge is 0.507 e. The van der Waals surface area contributed by atoms with Crippen molar-refractivity contribution >= 4 is 38.2 Å². The number of azo groups is 1. The molecule has 0 saturated heterocycles. The monoisotopic (exact) mass is 387 g/mol. The van der Waals surface area contributed by atoms with Crippen molar-refractivity contribution in [2.24, 2.45) is 15.3 Å². The van der Waals surface area contributed by atoms with Crippen LogP contribution in [0, 0.1) is 6.92 Å². The number of nitrogens with zero attached hydrogens (tertiary/aromatic N) is 4. The lowest BCUT2D eigenvalue weighted by atomic mass is 10.2. The zero-order chi connectivity index (χ0) is 19.3. The zero-order valence-electron chi connectivity index (χ0n) is 15.1. The molecule has 4 rings (SSSR count). The van der Waals surface area contributed by atoms with Gasteiger partial charge in [-0.25, -0.2) is 4.98 Å². The van der Waals surface area contributed by atoms with Gasteiger partial charge in [-0.1, -0.05) is 53.8 Å². The summed E-state index contributed by atoms with van der Waals surface area (Å²) in [7, 11) is 0. The molecule has 7 heteroatoms. The molecule has 0 spiro atoms. The van der Waals surface area contributed by atoms with Crippen LogP contribution < -0.4 is 5.43 Å². The van der Waals surface area contributed by atoms with E-state index in [9.17, 15) is 5.11 Å². The van der Waals surface area contributed by atoms with Crippen molar-refractivity contribution in [2.75, 3.05) is 5.43 Å². The molecule has 0 aliphatic rings. The summed E-state index contributed by atoms with van der Waals surface area (Å²) < 4.78 is 1.04. The maximum Gasteiger partial charge on any atom is 0.231 e. The fourth-order valence-electron chi connectivity index (χ4n) is 2.60. The van der Waals surface area contributed by atoms with Crippen LogP contribution in [0.3, 0.4) is 0 Å². The number of anilines is 1. The van der Waals surface area contributed by atoms with Crippen molar-refractivity contribution in [2.45, 2.75) is 6.92 Å². The minimum Gasteiger partial charge on any atom is -0.507 e. The normalized spacial score (nSPS) is 12.0. The number of phenolic OH excluding ortho intramolecular Hbond substituents is 1. The highest BCUT2D eigenvalue weighted by atomic mass is 32.1. The molecule has 0 radical (unpaired) electrons. The van der Waals surface area contributed by atoms with Crippen molar-refractivity contribution < 1.29 is 5.11 Å². The molecule has 2 N–H and O–H groups in total. The minimum atomic E-state index is 0.0797. The number of phenols is 1. The number of nitrogens with one attached hydrogen (secondary N) is 1. The topological polar surface area (TPSA) is 82.2 Å². The van der Waals surface area contributed by atoms with Gasteiger partial charge in [0.05, 0.1) is 21.5 Å². The zero-order valence-corrected chi connectivity index (χ0v) is 15.9. The van der Waals surface area contributed by atoms with Crippen molar-refractivity contribution in [3.05, 3.63) is 83.9 Å². The van der Waals surface area contributed by atoms with Crippen molar-refractivity contribution in [1.29, 1.82) is 0 Å². The Bertz CT molecular complexity index is 1150. The summed E-state index contributed by atoms with van der Waals surface area (Å²) in [6, 6.07) is 22.5. The van der Waals surface area contributed by atoms with Crippen molar-refractivity contribution in [3.8, 4) is 5.75 Å². The first-order valence-corrected chi connectivity index (χ1v) is 9.47. The molecule has 28 heavy (non-hydrogen) atoms. The minimum absolute atomic E-state index is 0.0797. The number of aryl methyl sites for hydroxylation is 1. The van der Waals surface area contributed by atoms with Crippen molar-refractivity contribution in [3.63, 3.8) is 0 Å². The summed E-state index contributed by atoms with van der Waals surface area (Å²) in [6.45, 7) is 1.99. The Kier molecular flexibility index (Phi) is 5.07. The van der Waals surface area contributed by atoms with Gasteiger partial charge in [0.15, 0.2) is 0 Å². The van der Waals surface area contributed by atoms with Gasteiger partial charge < -0.3 is 5.11 Å². The maximum atomic E-state index is 10.2. The number of para-hydroxylation sites is 3. The van der Waals surface area contributed by atoms with Crippen LogP contribution in [0.1, 0.15) is 11.1 Å². The second-order valence-electron chi connectivity index (χ2n) is 6.04. The number of fused-ring (bicyclic) bond motifs is 1. The molecule has 1 aromatic heterocycles. The molecule has 3 aromatic carbocycles. The van der Waals surface area contributed by atoms with E-state index in [2.05, 4.69) is 25.7 Å². The van der Waals surface area contributed by atoms with Crippen LogP contribution in [0.5, 0.6) is 5.75 Å². The van der Waals surface area contributed by atoms with Crippen LogP contribution in [0.4, 0.5) is 10.8 Å². The van der Waals surface area contributed by atoms with E-state index in [1.165, 1.54) is 11.3 Å². The van der Waals surface area contributed by atoms with E-state index in [1.54, 1.807) is 18.2 Å². The molecule has 1 heterocycles. The molecular weight excluding hydrogens is 370 g/mol. The number of hydrogen-bond donors (Lipinski definition) is 2. The molecule has 0 atom stereocenters. The molecule has 6 nitrogen and oxygen atoms in total. The van der Waals surface area contributed by atoms with Gasteiger partial charge in [-0.05, 0) is 42.8 Å². The lowest BCUT2D eigenvalue weighted by molar-refractivity contribution is 0.474. The third-order valence-corrected chi connectivity index (χ3v) is 5.01. The molecule has 0 aliphatic heterocycles. The first kappa shape index (κ1) is 17.8. The highest BCUT2D eigenvalue weighted by molar-refractivity contribution is 7.21. The van der Waals surface area contributed by atoms with E-state index >= 15 is 0 Å². The summed E-state index contributed by atoms with van der Waals surface area (Å²) in [5.41, 5.74) is 6.26. The maximum absolute atomic E-state index is 10.2. The third kappa shape index (κ3) is 3.89. The van der Waals surface area contributed by atoms with Gasteiger partial charge in [0.1, 0.15) is 5.75 Å². The average molecular weight is 387 g/mol. The van der Waals surface area contributed by atoms with Crippen molar-refractivity contribution in [1.82, 2.24) is 4.98 Å². The summed E-state index contributed by atoms with van der Waals surface area (Å²) in [4.78, 5) is 4.45. The second kappa shape index (κ2) is 7.98. The fraction of sp³-hybridized carbons (Fsp3) is 0.0476. The Balaban J connectivity index is 1.69. The van der Waals surface area contributed by atoms with Gasteiger partial charge >= 0.3 is 0 Å². The van der Waals surface area contributed by atoms with Gasteiger partial charge in [0.25, 0.3) is 0 Å². The van der Waals surface area contributed by atoms with Crippen LogP contribution in [-0.2, 0) is 0 Å². The Hall–Kier alpha value is -3.58. The number of hydrogen-bond acceptors (Lipinski definition) is 6. The van der Waals surface area contributed by atoms with Gasteiger partial charge in [-0.2, -0.15) is 5.10 Å². The standard InChI is InChI=1S/C21H17N5OS/c1-14-8-2-4-10-16(14)23-24-20(15-9-3-6-12-18(15)27)25-26-21-22-17-11-5-7-13-19(17)28-21/h2-13,23,27H,1H3/b24-20+,26-25?. The molecule has 138 valence electrons. The molecule has 0 amide bonds. The van der Waals surface area contributed by atoms with Crippen LogP contribution >= 0.6 is 11.3 Å². The number of amidine groups is 1. The molecule has 4 aromatic rings. The third-order valence-electron chi connectivity index (χ3n) is 4.09. The predicted octanol–water partition coefficient (Wildman–Crippen LogP) is 5.87. The molecule has 0 fully saturated rings. The van der Waals surface area contributed by atoms with Crippen LogP contribution in [-0.4, -0.2) is 15.9 Å². The van der Waals surface area contributed by atoms with Crippen LogP contribution in [0.15, 0.2) is 88.1 Å². The Labute approximate surface area is 165 Å². The number of aromatic nitrogens is 1. The molecule has 0 aliphatic carbocycles. The summed E-state index contributed by atoms with van der Waals surface area (Å²) in [6.07, 6.45) is 0. The Morgan fingerprint density at radius 2 is 1.71 bits per heavy atom. The second-order valence-corrected chi connectivity index (χ2v) is 7.05. The molecular formula is C21H17N5OS. The van der Waals surface area contributed by atoms with Gasteiger partial charge in [-0.3, -0.25) is 5.43 Å². The summed E-state index contributed by atoms with van der Waals surface area (Å²) in [5, 5.41) is 23.6. The molecule has 0 bridgehead atoms. The summed E-state index contributed by atoms with van der Waals surface area (Å²) >= 11 is 1.45. The number of hydrazone groups is 1. The number of thiazole rings is 1. The summed E-state index contributed by atoms with van der Waals surface area (Å²) in [5.74, 6) is 0.344. The quantitative estimate of drug-likeness (QED) is 0.199. The van der Waals surface area contributed by atoms with Gasteiger partial charge in [0, 0.05) is 0 Å². The fourth-order valence-corrected chi connectivity index (χ4v) is 3.39. The van der Waals surface area contributed by atoms with E-state index in [4.69, 9.17) is 0 Å². The smallest absolute Gasteiger partial charge is 0.231 e. The number of benzene rings is 3. The van der Waals surface area contributed by atoms with E-state index in [0.717, 1.165) is 21.5 Å².